The average molecular weight is 398 g/mol. The maximum atomic E-state index is 11.9. The van der Waals surface area contributed by atoms with Crippen molar-refractivity contribution in [1.82, 2.24) is 5.32 Å². The molecule has 0 heterocycles. The quantitative estimate of drug-likeness (QED) is 0.764. The highest BCUT2D eigenvalue weighted by atomic mass is 79.9. The van der Waals surface area contributed by atoms with Gasteiger partial charge >= 0.3 is 6.03 Å². The van der Waals surface area contributed by atoms with E-state index in [1.165, 1.54) is 0 Å². The standard InChI is InChI=1S/C15H14Br2N2O/c1-10-6-7-14(13(17)8-10)19-15(20)18-9-11-4-2-3-5-12(11)16/h2-8H,9H2,1H3,(H2,18,19,20). The van der Waals surface area contributed by atoms with Gasteiger partial charge in [0.2, 0.25) is 0 Å². The van der Waals surface area contributed by atoms with Crippen LogP contribution in [0.1, 0.15) is 11.1 Å². The van der Waals surface area contributed by atoms with Crippen LogP contribution < -0.4 is 10.6 Å². The molecule has 104 valence electrons. The summed E-state index contributed by atoms with van der Waals surface area (Å²) in [5, 5.41) is 5.64. The van der Waals surface area contributed by atoms with Crippen molar-refractivity contribution in [3.63, 3.8) is 0 Å². The van der Waals surface area contributed by atoms with E-state index in [1.807, 2.05) is 49.4 Å². The predicted octanol–water partition coefficient (Wildman–Crippen LogP) is 4.84. The normalized spacial score (nSPS) is 10.2. The van der Waals surface area contributed by atoms with Gasteiger partial charge in [0, 0.05) is 15.5 Å². The molecule has 0 saturated heterocycles. The van der Waals surface area contributed by atoms with Crippen LogP contribution in [0.2, 0.25) is 0 Å². The highest BCUT2D eigenvalue weighted by Gasteiger charge is 2.06. The number of nitrogens with one attached hydrogen (secondary N) is 2. The number of carbonyl (C=O) groups excluding carboxylic acids is 1. The van der Waals surface area contributed by atoms with Crippen molar-refractivity contribution in [2.45, 2.75) is 13.5 Å². The lowest BCUT2D eigenvalue weighted by atomic mass is 10.2. The molecule has 2 amide bonds. The van der Waals surface area contributed by atoms with Crippen LogP contribution in [0.3, 0.4) is 0 Å². The summed E-state index contributed by atoms with van der Waals surface area (Å²) >= 11 is 6.89. The van der Waals surface area contributed by atoms with Crippen LogP contribution in [-0.2, 0) is 6.54 Å². The van der Waals surface area contributed by atoms with Crippen LogP contribution in [0.4, 0.5) is 10.5 Å². The molecule has 20 heavy (non-hydrogen) atoms. The number of hydrogen-bond donors (Lipinski definition) is 2. The molecular weight excluding hydrogens is 384 g/mol. The van der Waals surface area contributed by atoms with Gasteiger partial charge in [0.15, 0.2) is 0 Å². The van der Waals surface area contributed by atoms with Crippen molar-refractivity contribution in [2.24, 2.45) is 0 Å². The Labute approximate surface area is 135 Å². The Morgan fingerprint density at radius 3 is 2.55 bits per heavy atom. The molecule has 0 spiro atoms. The SMILES string of the molecule is Cc1ccc(NC(=O)NCc2ccccc2Br)c(Br)c1. The summed E-state index contributed by atoms with van der Waals surface area (Å²) in [7, 11) is 0. The van der Waals surface area contributed by atoms with Gasteiger partial charge in [0.05, 0.1) is 5.69 Å². The number of rotatable bonds is 3. The third-order valence-corrected chi connectivity index (χ3v) is 4.20. The van der Waals surface area contributed by atoms with Gasteiger partial charge in [0.25, 0.3) is 0 Å². The summed E-state index contributed by atoms with van der Waals surface area (Å²) in [6.07, 6.45) is 0. The summed E-state index contributed by atoms with van der Waals surface area (Å²) in [6.45, 7) is 2.47. The van der Waals surface area contributed by atoms with Gasteiger partial charge in [-0.05, 0) is 52.2 Å². The summed E-state index contributed by atoms with van der Waals surface area (Å²) in [6, 6.07) is 13.4. The van der Waals surface area contributed by atoms with E-state index in [2.05, 4.69) is 42.5 Å². The number of hydrogen-bond acceptors (Lipinski definition) is 1. The molecule has 2 aromatic rings. The molecule has 0 aliphatic heterocycles. The molecule has 0 aliphatic carbocycles. The highest BCUT2D eigenvalue weighted by molar-refractivity contribution is 9.10. The average Bonchev–Trinajstić information content (AvgIpc) is 2.41. The summed E-state index contributed by atoms with van der Waals surface area (Å²) in [5.74, 6) is 0. The molecular formula is C15H14Br2N2O. The molecule has 0 bridgehead atoms. The van der Waals surface area contributed by atoms with Crippen molar-refractivity contribution < 1.29 is 4.79 Å². The second-order valence-electron chi connectivity index (χ2n) is 4.38. The first kappa shape index (κ1) is 15.1. The largest absolute Gasteiger partial charge is 0.334 e. The van der Waals surface area contributed by atoms with E-state index in [-0.39, 0.29) is 6.03 Å². The first-order valence-corrected chi connectivity index (χ1v) is 7.69. The third-order valence-electron chi connectivity index (χ3n) is 2.77. The molecule has 0 aliphatic rings. The Hall–Kier alpha value is -1.33. The summed E-state index contributed by atoms with van der Waals surface area (Å²) < 4.78 is 1.85. The molecule has 0 aromatic heterocycles. The van der Waals surface area contributed by atoms with E-state index in [0.717, 1.165) is 25.8 Å². The first-order valence-electron chi connectivity index (χ1n) is 6.10. The zero-order valence-electron chi connectivity index (χ0n) is 10.9. The van der Waals surface area contributed by atoms with Crippen molar-refractivity contribution in [3.8, 4) is 0 Å². The van der Waals surface area contributed by atoms with Crippen LogP contribution in [-0.4, -0.2) is 6.03 Å². The van der Waals surface area contributed by atoms with Crippen LogP contribution in [0, 0.1) is 6.92 Å². The maximum Gasteiger partial charge on any atom is 0.319 e. The lowest BCUT2D eigenvalue weighted by molar-refractivity contribution is 0.251. The van der Waals surface area contributed by atoms with Gasteiger partial charge in [-0.1, -0.05) is 40.2 Å². The number of benzene rings is 2. The Bertz CT molecular complexity index is 629. The summed E-state index contributed by atoms with van der Waals surface area (Å²) in [5.41, 5.74) is 2.92. The van der Waals surface area contributed by atoms with Gasteiger partial charge in [0.1, 0.15) is 0 Å². The lowest BCUT2D eigenvalue weighted by Gasteiger charge is -2.10. The predicted molar refractivity (Wildman–Crippen MR) is 88.9 cm³/mol. The van der Waals surface area contributed by atoms with Crippen LogP contribution in [0.15, 0.2) is 51.4 Å². The van der Waals surface area contributed by atoms with Crippen LogP contribution in [0.25, 0.3) is 0 Å². The second-order valence-corrected chi connectivity index (χ2v) is 6.09. The van der Waals surface area contributed by atoms with Gasteiger partial charge in [-0.15, -0.1) is 0 Å². The molecule has 2 N–H and O–H groups in total. The monoisotopic (exact) mass is 396 g/mol. The minimum atomic E-state index is -0.231. The van der Waals surface area contributed by atoms with Crippen LogP contribution in [0.5, 0.6) is 0 Å². The number of halogens is 2. The fraction of sp³-hybridized carbons (Fsp3) is 0.133. The number of aryl methyl sites for hydroxylation is 1. The van der Waals surface area contributed by atoms with Gasteiger partial charge in [-0.2, -0.15) is 0 Å². The van der Waals surface area contributed by atoms with Crippen LogP contribution >= 0.6 is 31.9 Å². The van der Waals surface area contributed by atoms with Gasteiger partial charge < -0.3 is 10.6 Å². The van der Waals surface area contributed by atoms with Crippen molar-refractivity contribution in [1.29, 1.82) is 0 Å². The zero-order chi connectivity index (χ0) is 14.5. The Balaban J connectivity index is 1.94. The lowest BCUT2D eigenvalue weighted by Crippen LogP contribution is -2.28. The van der Waals surface area contributed by atoms with Crippen molar-refractivity contribution in [3.05, 3.63) is 62.5 Å². The Morgan fingerprint density at radius 1 is 1.10 bits per heavy atom. The van der Waals surface area contributed by atoms with Crippen molar-refractivity contribution in [2.75, 3.05) is 5.32 Å². The molecule has 3 nitrogen and oxygen atoms in total. The van der Waals surface area contributed by atoms with E-state index in [1.54, 1.807) is 0 Å². The smallest absolute Gasteiger partial charge is 0.319 e. The fourth-order valence-electron chi connectivity index (χ4n) is 1.71. The van der Waals surface area contributed by atoms with Crippen molar-refractivity contribution >= 4 is 43.6 Å². The molecule has 0 atom stereocenters. The number of urea groups is 1. The maximum absolute atomic E-state index is 11.9. The molecule has 0 radical (unpaired) electrons. The van der Waals surface area contributed by atoms with Gasteiger partial charge in [-0.25, -0.2) is 4.79 Å². The topological polar surface area (TPSA) is 41.1 Å². The number of anilines is 1. The van der Waals surface area contributed by atoms with E-state index in [0.29, 0.717) is 6.54 Å². The Morgan fingerprint density at radius 2 is 1.85 bits per heavy atom. The first-order chi connectivity index (χ1) is 9.56. The molecule has 0 saturated carbocycles. The summed E-state index contributed by atoms with van der Waals surface area (Å²) in [4.78, 5) is 11.9. The van der Waals surface area contributed by atoms with E-state index in [4.69, 9.17) is 0 Å². The molecule has 5 heteroatoms. The highest BCUT2D eigenvalue weighted by Crippen LogP contribution is 2.23. The third kappa shape index (κ3) is 4.08. The molecule has 0 unspecified atom stereocenters. The van der Waals surface area contributed by atoms with E-state index < -0.39 is 0 Å². The molecule has 0 fully saturated rings. The minimum Gasteiger partial charge on any atom is -0.334 e. The van der Waals surface area contributed by atoms with E-state index >= 15 is 0 Å². The fourth-order valence-corrected chi connectivity index (χ4v) is 2.72. The Kier molecular flexibility index (Phi) is 5.20. The second kappa shape index (κ2) is 6.90. The zero-order valence-corrected chi connectivity index (χ0v) is 14.1. The molecule has 2 rings (SSSR count). The molecule has 2 aromatic carbocycles. The number of amides is 2. The minimum absolute atomic E-state index is 0.231. The number of carbonyl (C=O) groups is 1. The van der Waals surface area contributed by atoms with Gasteiger partial charge in [-0.3, -0.25) is 0 Å². The van der Waals surface area contributed by atoms with E-state index in [9.17, 15) is 4.79 Å².